The Labute approximate surface area is 196 Å². The van der Waals surface area contributed by atoms with E-state index < -0.39 is 0 Å². The number of guanidine groups is 1. The standard InChI is InChI=1S/C22H32N6O.HI/c1-23-22(28-9-8-18(16-28)27-10-12-29-13-11-27)24-15-17-14-21(26(2)3)25-20-7-5-4-6-19(17)20;/h4-7,14,18H,8-13,15-16H2,1-3H3,(H,23,24);1H. The van der Waals surface area contributed by atoms with Gasteiger partial charge in [-0.1, -0.05) is 18.2 Å². The van der Waals surface area contributed by atoms with E-state index in [1.807, 2.05) is 27.2 Å². The van der Waals surface area contributed by atoms with E-state index in [0.29, 0.717) is 6.04 Å². The van der Waals surface area contributed by atoms with Crippen LogP contribution in [0.4, 0.5) is 5.82 Å². The normalized spacial score (nSPS) is 20.3. The molecule has 0 radical (unpaired) electrons. The highest BCUT2D eigenvalue weighted by molar-refractivity contribution is 14.0. The number of nitrogens with one attached hydrogen (secondary N) is 1. The number of nitrogens with zero attached hydrogens (tertiary/aromatic N) is 5. The zero-order valence-corrected chi connectivity index (χ0v) is 20.5. The average Bonchev–Trinajstić information content (AvgIpc) is 3.24. The first kappa shape index (κ1) is 23.0. The highest BCUT2D eigenvalue weighted by Gasteiger charge is 2.30. The third-order valence-corrected chi connectivity index (χ3v) is 5.92. The van der Waals surface area contributed by atoms with Crippen molar-refractivity contribution >= 4 is 46.7 Å². The lowest BCUT2D eigenvalue weighted by Gasteiger charge is -2.32. The summed E-state index contributed by atoms with van der Waals surface area (Å²) in [6.07, 6.45) is 1.18. The molecule has 0 spiro atoms. The fourth-order valence-corrected chi connectivity index (χ4v) is 4.29. The maximum absolute atomic E-state index is 5.50. The fourth-order valence-electron chi connectivity index (χ4n) is 4.29. The molecule has 30 heavy (non-hydrogen) atoms. The van der Waals surface area contributed by atoms with Crippen LogP contribution in [0.3, 0.4) is 0 Å². The van der Waals surface area contributed by atoms with E-state index in [4.69, 9.17) is 9.72 Å². The van der Waals surface area contributed by atoms with E-state index in [9.17, 15) is 0 Å². The van der Waals surface area contributed by atoms with Crippen LogP contribution in [-0.2, 0) is 11.3 Å². The molecule has 3 heterocycles. The summed E-state index contributed by atoms with van der Waals surface area (Å²) in [4.78, 5) is 16.3. The molecule has 2 aromatic rings. The molecule has 0 saturated carbocycles. The summed E-state index contributed by atoms with van der Waals surface area (Å²) in [5.74, 6) is 1.96. The first-order chi connectivity index (χ1) is 14.2. The summed E-state index contributed by atoms with van der Waals surface area (Å²) < 4.78 is 5.50. The zero-order chi connectivity index (χ0) is 20.2. The number of hydrogen-bond acceptors (Lipinski definition) is 5. The van der Waals surface area contributed by atoms with E-state index in [1.165, 1.54) is 17.4 Å². The maximum atomic E-state index is 5.50. The second-order valence-electron chi connectivity index (χ2n) is 7.99. The molecular formula is C22H33IN6O. The van der Waals surface area contributed by atoms with Gasteiger partial charge in [0.25, 0.3) is 0 Å². The van der Waals surface area contributed by atoms with Gasteiger partial charge in [-0.15, -0.1) is 24.0 Å². The van der Waals surface area contributed by atoms with Crippen molar-refractivity contribution < 1.29 is 4.74 Å². The first-order valence-corrected chi connectivity index (χ1v) is 10.5. The number of halogens is 1. The number of anilines is 1. The van der Waals surface area contributed by atoms with Gasteiger partial charge < -0.3 is 19.9 Å². The van der Waals surface area contributed by atoms with Crippen LogP contribution in [0.5, 0.6) is 0 Å². The molecule has 0 aliphatic carbocycles. The summed E-state index contributed by atoms with van der Waals surface area (Å²) in [6.45, 7) is 6.60. The second-order valence-corrected chi connectivity index (χ2v) is 7.99. The first-order valence-electron chi connectivity index (χ1n) is 10.5. The van der Waals surface area contributed by atoms with Crippen molar-refractivity contribution in [3.05, 3.63) is 35.9 Å². The number of para-hydroxylation sites is 1. The van der Waals surface area contributed by atoms with Crippen LogP contribution in [-0.4, -0.2) is 87.3 Å². The molecule has 1 aromatic heterocycles. The highest BCUT2D eigenvalue weighted by Crippen LogP contribution is 2.22. The summed E-state index contributed by atoms with van der Waals surface area (Å²) in [5.41, 5.74) is 2.27. The largest absolute Gasteiger partial charge is 0.379 e. The number of hydrogen-bond donors (Lipinski definition) is 1. The van der Waals surface area contributed by atoms with Crippen LogP contribution < -0.4 is 10.2 Å². The molecule has 1 N–H and O–H groups in total. The van der Waals surface area contributed by atoms with Gasteiger partial charge in [0.05, 0.1) is 18.7 Å². The van der Waals surface area contributed by atoms with E-state index in [2.05, 4.69) is 49.3 Å². The molecule has 0 bridgehead atoms. The van der Waals surface area contributed by atoms with Crippen LogP contribution in [0.15, 0.2) is 35.3 Å². The van der Waals surface area contributed by atoms with E-state index in [-0.39, 0.29) is 24.0 Å². The van der Waals surface area contributed by atoms with Crippen molar-refractivity contribution in [2.24, 2.45) is 4.99 Å². The Morgan fingerprint density at radius 2 is 2.00 bits per heavy atom. The summed E-state index contributed by atoms with van der Waals surface area (Å²) in [5, 5.41) is 4.78. The highest BCUT2D eigenvalue weighted by atomic mass is 127. The van der Waals surface area contributed by atoms with Crippen LogP contribution in [0.1, 0.15) is 12.0 Å². The summed E-state index contributed by atoms with van der Waals surface area (Å²) in [6, 6.07) is 11.1. The van der Waals surface area contributed by atoms with E-state index in [1.54, 1.807) is 0 Å². The van der Waals surface area contributed by atoms with Crippen LogP contribution >= 0.6 is 24.0 Å². The Morgan fingerprint density at radius 1 is 1.23 bits per heavy atom. The van der Waals surface area contributed by atoms with Crippen molar-refractivity contribution in [1.29, 1.82) is 0 Å². The molecule has 1 atom stereocenters. The topological polar surface area (TPSA) is 56.2 Å². The Bertz CT molecular complexity index is 868. The minimum absolute atomic E-state index is 0. The second kappa shape index (κ2) is 10.6. The van der Waals surface area contributed by atoms with E-state index in [0.717, 1.165) is 63.2 Å². The third-order valence-electron chi connectivity index (χ3n) is 5.92. The number of pyridine rings is 1. The van der Waals surface area contributed by atoms with Crippen molar-refractivity contribution in [2.45, 2.75) is 19.0 Å². The van der Waals surface area contributed by atoms with Gasteiger partial charge in [0.2, 0.25) is 0 Å². The molecule has 7 nitrogen and oxygen atoms in total. The predicted octanol–water partition coefficient (Wildman–Crippen LogP) is 2.40. The molecule has 2 fully saturated rings. The summed E-state index contributed by atoms with van der Waals surface area (Å²) in [7, 11) is 5.94. The maximum Gasteiger partial charge on any atom is 0.193 e. The number of aliphatic imine (C=N–C) groups is 1. The quantitative estimate of drug-likeness (QED) is 0.377. The van der Waals surface area contributed by atoms with Gasteiger partial charge in [0.15, 0.2) is 5.96 Å². The van der Waals surface area contributed by atoms with Crippen LogP contribution in [0, 0.1) is 0 Å². The number of likely N-dealkylation sites (tertiary alicyclic amines) is 1. The van der Waals surface area contributed by atoms with Crippen molar-refractivity contribution in [2.75, 3.05) is 65.4 Å². The molecule has 4 rings (SSSR count). The monoisotopic (exact) mass is 524 g/mol. The Morgan fingerprint density at radius 3 is 2.73 bits per heavy atom. The third kappa shape index (κ3) is 5.15. The zero-order valence-electron chi connectivity index (χ0n) is 18.2. The molecule has 2 saturated heterocycles. The van der Waals surface area contributed by atoms with Gasteiger partial charge in [-0.25, -0.2) is 4.98 Å². The molecule has 1 unspecified atom stereocenters. The van der Waals surface area contributed by atoms with E-state index >= 15 is 0 Å². The summed E-state index contributed by atoms with van der Waals surface area (Å²) >= 11 is 0. The van der Waals surface area contributed by atoms with Gasteiger partial charge in [-0.3, -0.25) is 9.89 Å². The lowest BCUT2D eigenvalue weighted by Crippen LogP contribution is -2.46. The molecule has 164 valence electrons. The molecule has 2 aliphatic rings. The Balaban J connectivity index is 0.00000256. The number of benzene rings is 1. The minimum atomic E-state index is 0. The van der Waals surface area contributed by atoms with Gasteiger partial charge >= 0.3 is 0 Å². The molecule has 8 heteroatoms. The molecular weight excluding hydrogens is 491 g/mol. The smallest absolute Gasteiger partial charge is 0.193 e. The Hall–Kier alpha value is -1.65. The van der Waals surface area contributed by atoms with Gasteiger partial charge in [0.1, 0.15) is 5.82 Å². The number of aromatic nitrogens is 1. The fraction of sp³-hybridized carbons (Fsp3) is 0.545. The van der Waals surface area contributed by atoms with Gasteiger partial charge in [-0.2, -0.15) is 0 Å². The predicted molar refractivity (Wildman–Crippen MR) is 134 cm³/mol. The number of morpholine rings is 1. The molecule has 0 amide bonds. The number of rotatable bonds is 4. The Kier molecular flexibility index (Phi) is 8.13. The minimum Gasteiger partial charge on any atom is -0.379 e. The lowest BCUT2D eigenvalue weighted by molar-refractivity contribution is 0.0195. The van der Waals surface area contributed by atoms with Crippen LogP contribution in [0.2, 0.25) is 0 Å². The number of fused-ring (bicyclic) bond motifs is 1. The van der Waals surface area contributed by atoms with Crippen molar-refractivity contribution in [3.8, 4) is 0 Å². The molecule has 2 aliphatic heterocycles. The van der Waals surface area contributed by atoms with Crippen LogP contribution in [0.25, 0.3) is 10.9 Å². The number of ether oxygens (including phenoxy) is 1. The van der Waals surface area contributed by atoms with Crippen molar-refractivity contribution in [3.63, 3.8) is 0 Å². The van der Waals surface area contributed by atoms with Gasteiger partial charge in [0, 0.05) is 65.3 Å². The SMILES string of the molecule is CN=C(NCc1cc(N(C)C)nc2ccccc12)N1CCC(N2CCOCC2)C1.I. The lowest BCUT2D eigenvalue weighted by atomic mass is 10.1. The van der Waals surface area contributed by atoms with Crippen molar-refractivity contribution in [1.82, 2.24) is 20.1 Å². The average molecular weight is 524 g/mol. The molecule has 1 aromatic carbocycles. The van der Waals surface area contributed by atoms with Gasteiger partial charge in [-0.05, 0) is 24.1 Å².